The predicted octanol–water partition coefficient (Wildman–Crippen LogP) is 2.89. The molecule has 2 heterocycles. The van der Waals surface area contributed by atoms with E-state index in [-0.39, 0.29) is 12.2 Å². The van der Waals surface area contributed by atoms with Crippen LogP contribution in [0.25, 0.3) is 10.2 Å². The number of hydrogen-bond acceptors (Lipinski definition) is 7. The van der Waals surface area contributed by atoms with Crippen molar-refractivity contribution < 1.29 is 14.6 Å². The van der Waals surface area contributed by atoms with Gasteiger partial charge in [-0.1, -0.05) is 30.3 Å². The molecule has 4 rings (SSSR count). The summed E-state index contributed by atoms with van der Waals surface area (Å²) < 4.78 is 10.9. The van der Waals surface area contributed by atoms with Crippen molar-refractivity contribution in [3.8, 4) is 0 Å². The third-order valence-corrected chi connectivity index (χ3v) is 6.94. The molecular weight excluding hydrogens is 426 g/mol. The first-order valence-electron chi connectivity index (χ1n) is 11.2. The Morgan fingerprint density at radius 3 is 2.88 bits per heavy atom. The monoisotopic (exact) mass is 457 g/mol. The Kier molecular flexibility index (Phi) is 8.05. The van der Waals surface area contributed by atoms with Crippen LogP contribution in [0.2, 0.25) is 0 Å². The Morgan fingerprint density at radius 2 is 2.06 bits per heavy atom. The molecule has 3 aromatic rings. The second-order valence-electron chi connectivity index (χ2n) is 8.29. The number of methoxy groups -OCH3 is 1. The zero-order valence-corrected chi connectivity index (χ0v) is 19.3. The summed E-state index contributed by atoms with van der Waals surface area (Å²) in [7, 11) is 1.65. The summed E-state index contributed by atoms with van der Waals surface area (Å²) in [6.45, 7) is 2.68. The van der Waals surface area contributed by atoms with Crippen LogP contribution in [0.4, 0.5) is 0 Å². The number of aliphatic hydroxyl groups is 1. The number of fused-ring (bicyclic) bond motifs is 3. The number of nitrogens with one attached hydrogen (secondary N) is 1. The molecule has 1 aliphatic carbocycles. The highest BCUT2D eigenvalue weighted by atomic mass is 32.1. The number of benzene rings is 1. The number of ether oxygens (including phenoxy) is 2. The average molecular weight is 458 g/mol. The van der Waals surface area contributed by atoms with E-state index in [4.69, 9.17) is 14.5 Å². The first-order valence-corrected chi connectivity index (χ1v) is 12.0. The largest absolute Gasteiger partial charge is 0.389 e. The fraction of sp³-hybridized carbons (Fsp3) is 0.500. The third-order valence-electron chi connectivity index (χ3n) is 5.75. The van der Waals surface area contributed by atoms with Crippen LogP contribution in [0.15, 0.2) is 35.1 Å². The average Bonchev–Trinajstić information content (AvgIpc) is 3.17. The Hall–Kier alpha value is -2.10. The molecule has 2 aromatic heterocycles. The molecule has 32 heavy (non-hydrogen) atoms. The fourth-order valence-electron chi connectivity index (χ4n) is 4.19. The van der Waals surface area contributed by atoms with E-state index >= 15 is 0 Å². The molecule has 1 atom stereocenters. The highest BCUT2D eigenvalue weighted by Gasteiger charge is 2.21. The van der Waals surface area contributed by atoms with Crippen molar-refractivity contribution in [1.29, 1.82) is 0 Å². The van der Waals surface area contributed by atoms with Crippen LogP contribution in [-0.2, 0) is 35.5 Å². The molecule has 8 heteroatoms. The number of aryl methyl sites for hydroxylation is 2. The van der Waals surface area contributed by atoms with Gasteiger partial charge in [0.25, 0.3) is 5.56 Å². The van der Waals surface area contributed by atoms with Crippen molar-refractivity contribution in [3.05, 3.63) is 62.5 Å². The smallest absolute Gasteiger partial charge is 0.259 e. The van der Waals surface area contributed by atoms with Gasteiger partial charge < -0.3 is 19.6 Å². The van der Waals surface area contributed by atoms with Crippen LogP contribution >= 0.6 is 11.3 Å². The highest BCUT2D eigenvalue weighted by Crippen LogP contribution is 2.33. The molecule has 1 aliphatic rings. The van der Waals surface area contributed by atoms with Crippen LogP contribution in [0.5, 0.6) is 0 Å². The number of hydrogen-bond donors (Lipinski definition) is 2. The van der Waals surface area contributed by atoms with Gasteiger partial charge in [-0.3, -0.25) is 9.69 Å². The third kappa shape index (κ3) is 5.82. The molecule has 1 aromatic carbocycles. The summed E-state index contributed by atoms with van der Waals surface area (Å²) in [5, 5.41) is 11.3. The second-order valence-corrected chi connectivity index (χ2v) is 9.37. The maximum absolute atomic E-state index is 12.8. The molecule has 7 nitrogen and oxygen atoms in total. The van der Waals surface area contributed by atoms with Crippen molar-refractivity contribution in [3.63, 3.8) is 0 Å². The lowest BCUT2D eigenvalue weighted by atomic mass is 9.97. The molecule has 172 valence electrons. The number of aromatic amines is 1. The molecule has 0 unspecified atom stereocenters. The molecule has 0 amide bonds. The quantitative estimate of drug-likeness (QED) is 0.460. The number of rotatable bonds is 11. The van der Waals surface area contributed by atoms with Crippen molar-refractivity contribution in [2.75, 3.05) is 33.4 Å². The van der Waals surface area contributed by atoms with E-state index in [1.165, 1.54) is 16.9 Å². The van der Waals surface area contributed by atoms with E-state index in [2.05, 4.69) is 4.98 Å². The first kappa shape index (κ1) is 23.1. The van der Waals surface area contributed by atoms with Crippen LogP contribution in [-0.4, -0.2) is 59.5 Å². The van der Waals surface area contributed by atoms with Gasteiger partial charge >= 0.3 is 0 Å². The standard InChI is InChI=1S/C24H31N3O4S/c1-30-12-11-27(13-18(28)16-31-15-17-7-3-2-4-8-17)14-21-25-23(29)22-19-9-5-6-10-20(19)32-24(22)26-21/h2-4,7-8,18,28H,5-6,9-16H2,1H3,(H,25,26,29)/t18-/m1/s1. The van der Waals surface area contributed by atoms with Gasteiger partial charge in [-0.15, -0.1) is 11.3 Å². The minimum Gasteiger partial charge on any atom is -0.389 e. The van der Waals surface area contributed by atoms with Gasteiger partial charge in [0.15, 0.2) is 0 Å². The lowest BCUT2D eigenvalue weighted by Gasteiger charge is -2.24. The van der Waals surface area contributed by atoms with Crippen molar-refractivity contribution >= 4 is 21.6 Å². The fourth-order valence-corrected chi connectivity index (χ4v) is 5.47. The van der Waals surface area contributed by atoms with Gasteiger partial charge in [-0.05, 0) is 36.8 Å². The molecule has 0 spiro atoms. The van der Waals surface area contributed by atoms with Crippen molar-refractivity contribution in [1.82, 2.24) is 14.9 Å². The summed E-state index contributed by atoms with van der Waals surface area (Å²) >= 11 is 1.65. The van der Waals surface area contributed by atoms with E-state index in [1.54, 1.807) is 18.4 Å². The number of aromatic nitrogens is 2. The topological polar surface area (TPSA) is 87.7 Å². The number of thiophene rings is 1. The Morgan fingerprint density at radius 1 is 1.25 bits per heavy atom. The van der Waals surface area contributed by atoms with Crippen LogP contribution in [0, 0.1) is 0 Å². The van der Waals surface area contributed by atoms with E-state index in [0.717, 1.165) is 35.0 Å². The molecule has 0 saturated heterocycles. The lowest BCUT2D eigenvalue weighted by molar-refractivity contribution is 0.00437. The Labute approximate surface area is 192 Å². The van der Waals surface area contributed by atoms with E-state index in [9.17, 15) is 9.90 Å². The zero-order valence-electron chi connectivity index (χ0n) is 18.5. The molecule has 0 fully saturated rings. The summed E-state index contributed by atoms with van der Waals surface area (Å²) in [5.41, 5.74) is 2.21. The van der Waals surface area contributed by atoms with Gasteiger partial charge in [0.05, 0.1) is 37.9 Å². The summed E-state index contributed by atoms with van der Waals surface area (Å²) in [6, 6.07) is 9.90. The molecule has 0 saturated carbocycles. The maximum Gasteiger partial charge on any atom is 0.259 e. The van der Waals surface area contributed by atoms with Crippen LogP contribution in [0.3, 0.4) is 0 Å². The van der Waals surface area contributed by atoms with Crippen molar-refractivity contribution in [2.45, 2.75) is 44.9 Å². The van der Waals surface area contributed by atoms with Crippen molar-refractivity contribution in [2.24, 2.45) is 0 Å². The Balaban J connectivity index is 1.40. The first-order chi connectivity index (χ1) is 15.6. The molecule has 2 N–H and O–H groups in total. The van der Waals surface area contributed by atoms with Gasteiger partial charge in [-0.2, -0.15) is 0 Å². The highest BCUT2D eigenvalue weighted by molar-refractivity contribution is 7.18. The molecule has 0 radical (unpaired) electrons. The van der Waals surface area contributed by atoms with E-state index < -0.39 is 6.10 Å². The van der Waals surface area contributed by atoms with Gasteiger partial charge in [0.1, 0.15) is 10.7 Å². The second kappa shape index (κ2) is 11.2. The van der Waals surface area contributed by atoms with Gasteiger partial charge in [0, 0.05) is 25.1 Å². The predicted molar refractivity (Wildman–Crippen MR) is 126 cm³/mol. The summed E-state index contributed by atoms with van der Waals surface area (Å²) in [6.07, 6.45) is 3.67. The van der Waals surface area contributed by atoms with Gasteiger partial charge in [0.2, 0.25) is 0 Å². The molecule has 0 aliphatic heterocycles. The van der Waals surface area contributed by atoms with Crippen LogP contribution in [0.1, 0.15) is 34.7 Å². The number of aliphatic hydroxyl groups excluding tert-OH is 1. The lowest BCUT2D eigenvalue weighted by Crippen LogP contribution is -2.37. The minimum atomic E-state index is -0.653. The minimum absolute atomic E-state index is 0.0529. The Bertz CT molecular complexity index is 1070. The van der Waals surface area contributed by atoms with E-state index in [1.807, 2.05) is 35.2 Å². The molecular formula is C24H31N3O4S. The van der Waals surface area contributed by atoms with Gasteiger partial charge in [-0.25, -0.2) is 4.98 Å². The summed E-state index contributed by atoms with van der Waals surface area (Å²) in [5.74, 6) is 0.620. The summed E-state index contributed by atoms with van der Waals surface area (Å²) in [4.78, 5) is 24.7. The normalized spacial score (nSPS) is 14.7. The van der Waals surface area contributed by atoms with Crippen LogP contribution < -0.4 is 5.56 Å². The van der Waals surface area contributed by atoms with E-state index in [0.29, 0.717) is 38.7 Å². The maximum atomic E-state index is 12.8. The zero-order chi connectivity index (χ0) is 22.3. The number of H-pyrrole nitrogens is 1. The SMILES string of the molecule is COCCN(Cc1nc2sc3c(c2c(=O)[nH]1)CCCC3)C[C@@H](O)COCc1ccccc1. The number of nitrogens with zero attached hydrogens (tertiary/aromatic N) is 2. The molecule has 0 bridgehead atoms.